The number of benzene rings is 2. The first-order valence-electron chi connectivity index (χ1n) is 12.2. The van der Waals surface area contributed by atoms with Gasteiger partial charge in [-0.15, -0.1) is 0 Å². The van der Waals surface area contributed by atoms with Crippen molar-refractivity contribution in [2.75, 3.05) is 25.5 Å². The summed E-state index contributed by atoms with van der Waals surface area (Å²) < 4.78 is 39.2. The molecule has 2 aromatic carbocycles. The van der Waals surface area contributed by atoms with Gasteiger partial charge in [0.2, 0.25) is 10.0 Å². The number of carbonyl (C=O) groups excluding carboxylic acids is 1. The van der Waals surface area contributed by atoms with Crippen LogP contribution in [0.5, 0.6) is 11.5 Å². The minimum atomic E-state index is -3.63. The molecule has 1 aliphatic heterocycles. The van der Waals surface area contributed by atoms with Crippen LogP contribution < -0.4 is 14.8 Å². The first-order chi connectivity index (χ1) is 16.4. The van der Waals surface area contributed by atoms with E-state index in [9.17, 15) is 13.2 Å². The Morgan fingerprint density at radius 3 is 2.44 bits per heavy atom. The number of sulfonamides is 1. The Bertz CT molecular complexity index is 1130. The van der Waals surface area contributed by atoms with Gasteiger partial charge in [0.25, 0.3) is 5.91 Å². The maximum atomic E-state index is 13.1. The van der Waals surface area contributed by atoms with Gasteiger partial charge in [0.1, 0.15) is 11.5 Å². The monoisotopic (exact) mass is 486 g/mol. The largest absolute Gasteiger partial charge is 0.495 e. The van der Waals surface area contributed by atoms with E-state index in [1.807, 2.05) is 19.1 Å². The molecule has 1 aliphatic carbocycles. The Hall–Kier alpha value is -2.58. The van der Waals surface area contributed by atoms with Crippen molar-refractivity contribution in [3.63, 3.8) is 0 Å². The number of hydrogen-bond donors (Lipinski definition) is 1. The van der Waals surface area contributed by atoms with Crippen molar-refractivity contribution < 1.29 is 22.7 Å². The van der Waals surface area contributed by atoms with Crippen LogP contribution in [-0.4, -0.2) is 44.9 Å². The number of piperidine rings is 1. The third kappa shape index (κ3) is 5.39. The maximum absolute atomic E-state index is 13.1. The number of fused-ring (bicyclic) bond motifs is 1. The Balaban J connectivity index is 1.52. The molecule has 1 heterocycles. The molecule has 34 heavy (non-hydrogen) atoms. The van der Waals surface area contributed by atoms with E-state index in [2.05, 4.69) is 11.4 Å². The van der Waals surface area contributed by atoms with Gasteiger partial charge < -0.3 is 14.8 Å². The minimum absolute atomic E-state index is 0.147. The highest BCUT2D eigenvalue weighted by Gasteiger charge is 2.28. The molecule has 1 atom stereocenters. The van der Waals surface area contributed by atoms with Crippen molar-refractivity contribution in [2.45, 2.75) is 69.3 Å². The highest BCUT2D eigenvalue weighted by atomic mass is 32.2. The van der Waals surface area contributed by atoms with Crippen LogP contribution in [0.3, 0.4) is 0 Å². The van der Waals surface area contributed by atoms with Crippen LogP contribution in [0.25, 0.3) is 0 Å². The zero-order chi connectivity index (χ0) is 24.1. The van der Waals surface area contributed by atoms with Crippen LogP contribution in [0.15, 0.2) is 41.3 Å². The topological polar surface area (TPSA) is 84.9 Å². The first kappa shape index (κ1) is 24.5. The zero-order valence-electron chi connectivity index (χ0n) is 20.0. The summed E-state index contributed by atoms with van der Waals surface area (Å²) in [5.74, 6) is 0.733. The van der Waals surface area contributed by atoms with Gasteiger partial charge in [-0.1, -0.05) is 19.4 Å². The molecular weight excluding hydrogens is 452 g/mol. The molecule has 2 aromatic rings. The van der Waals surface area contributed by atoms with Crippen LogP contribution >= 0.6 is 0 Å². The predicted molar refractivity (Wildman–Crippen MR) is 132 cm³/mol. The molecule has 184 valence electrons. The maximum Gasteiger partial charge on any atom is 0.265 e. The average Bonchev–Trinajstić information content (AvgIpc) is 2.87. The van der Waals surface area contributed by atoms with E-state index in [1.54, 1.807) is 6.07 Å². The molecule has 0 spiro atoms. The molecule has 1 unspecified atom stereocenters. The summed E-state index contributed by atoms with van der Waals surface area (Å²) in [6, 6.07) is 10.6. The summed E-state index contributed by atoms with van der Waals surface area (Å²) in [6.45, 7) is 2.92. The number of amides is 1. The smallest absolute Gasteiger partial charge is 0.265 e. The molecule has 1 N–H and O–H groups in total. The van der Waals surface area contributed by atoms with Gasteiger partial charge in [-0.2, -0.15) is 4.31 Å². The van der Waals surface area contributed by atoms with E-state index in [1.165, 1.54) is 47.5 Å². The summed E-state index contributed by atoms with van der Waals surface area (Å²) in [4.78, 5) is 13.3. The second-order valence-corrected chi connectivity index (χ2v) is 10.9. The Morgan fingerprint density at radius 2 is 1.74 bits per heavy atom. The number of ether oxygens (including phenoxy) is 2. The van der Waals surface area contributed by atoms with Crippen molar-refractivity contribution in [1.29, 1.82) is 0 Å². The summed E-state index contributed by atoms with van der Waals surface area (Å²) in [5, 5.41) is 2.84. The Morgan fingerprint density at radius 1 is 1.00 bits per heavy atom. The van der Waals surface area contributed by atoms with E-state index in [-0.39, 0.29) is 10.8 Å². The van der Waals surface area contributed by atoms with Gasteiger partial charge in [0.15, 0.2) is 6.10 Å². The molecule has 1 amide bonds. The fourth-order valence-corrected chi connectivity index (χ4v) is 6.23. The lowest BCUT2D eigenvalue weighted by atomic mass is 9.92. The normalized spacial score (nSPS) is 17.5. The molecule has 0 bridgehead atoms. The van der Waals surface area contributed by atoms with E-state index < -0.39 is 16.1 Å². The lowest BCUT2D eigenvalue weighted by Crippen LogP contribution is -2.35. The summed E-state index contributed by atoms with van der Waals surface area (Å²) >= 11 is 0. The highest BCUT2D eigenvalue weighted by molar-refractivity contribution is 7.89. The summed E-state index contributed by atoms with van der Waals surface area (Å²) in [7, 11) is -2.14. The third-order valence-electron chi connectivity index (χ3n) is 6.64. The number of carbonyl (C=O) groups is 1. The number of aryl methyl sites for hydroxylation is 2. The van der Waals surface area contributed by atoms with Crippen LogP contribution in [0.2, 0.25) is 0 Å². The zero-order valence-corrected chi connectivity index (χ0v) is 20.8. The van der Waals surface area contributed by atoms with Gasteiger partial charge in [-0.3, -0.25) is 4.79 Å². The summed E-state index contributed by atoms with van der Waals surface area (Å²) in [5.41, 5.74) is 2.96. The fraction of sp³-hybridized carbons (Fsp3) is 0.500. The molecule has 0 radical (unpaired) electrons. The number of anilines is 1. The van der Waals surface area contributed by atoms with Crippen molar-refractivity contribution in [3.8, 4) is 11.5 Å². The quantitative estimate of drug-likeness (QED) is 0.592. The molecule has 0 saturated carbocycles. The fourth-order valence-electron chi connectivity index (χ4n) is 4.68. The van der Waals surface area contributed by atoms with Gasteiger partial charge >= 0.3 is 0 Å². The molecular formula is C26H34N2O5S. The van der Waals surface area contributed by atoms with Gasteiger partial charge in [-0.05, 0) is 86.4 Å². The van der Waals surface area contributed by atoms with Crippen LogP contribution in [0.1, 0.15) is 56.6 Å². The molecule has 4 rings (SSSR count). The number of hydrogen-bond acceptors (Lipinski definition) is 5. The molecule has 0 aromatic heterocycles. The van der Waals surface area contributed by atoms with Crippen molar-refractivity contribution >= 4 is 21.6 Å². The van der Waals surface area contributed by atoms with Crippen molar-refractivity contribution in [1.82, 2.24) is 4.31 Å². The lowest BCUT2D eigenvalue weighted by molar-refractivity contribution is -0.122. The van der Waals surface area contributed by atoms with Crippen LogP contribution in [0, 0.1) is 0 Å². The molecule has 1 saturated heterocycles. The standard InChI is InChI=1S/C26H34N2O5S/c1-3-24(33-21-12-11-19-9-5-6-10-20(19)17-21)26(29)27-23-18-22(13-14-25(23)32-2)34(30,31)28-15-7-4-8-16-28/h11-14,17-18,24H,3-10,15-16H2,1-2H3,(H,27,29). The Kier molecular flexibility index (Phi) is 7.78. The van der Waals surface area contributed by atoms with Gasteiger partial charge in [-0.25, -0.2) is 8.42 Å². The van der Waals surface area contributed by atoms with Gasteiger partial charge in [0.05, 0.1) is 17.7 Å². The Labute approximate surface area is 202 Å². The van der Waals surface area contributed by atoms with E-state index in [4.69, 9.17) is 9.47 Å². The molecule has 7 nitrogen and oxygen atoms in total. The van der Waals surface area contributed by atoms with Crippen molar-refractivity contribution in [2.24, 2.45) is 0 Å². The van der Waals surface area contributed by atoms with Gasteiger partial charge in [0, 0.05) is 13.1 Å². The van der Waals surface area contributed by atoms with Crippen LogP contribution in [0.4, 0.5) is 5.69 Å². The van der Waals surface area contributed by atoms with E-state index >= 15 is 0 Å². The van der Waals surface area contributed by atoms with E-state index in [0.29, 0.717) is 36.7 Å². The predicted octanol–water partition coefficient (Wildman–Crippen LogP) is 4.54. The number of methoxy groups -OCH3 is 1. The third-order valence-corrected chi connectivity index (χ3v) is 8.54. The SMILES string of the molecule is CCC(Oc1ccc2c(c1)CCCC2)C(=O)Nc1cc(S(=O)(=O)N2CCCCC2)ccc1OC. The summed E-state index contributed by atoms with van der Waals surface area (Å²) in [6.07, 6.45) is 7.01. The van der Waals surface area contributed by atoms with E-state index in [0.717, 1.165) is 32.1 Å². The lowest BCUT2D eigenvalue weighted by Gasteiger charge is -2.26. The molecule has 2 aliphatic rings. The average molecular weight is 487 g/mol. The second-order valence-electron chi connectivity index (χ2n) is 8.97. The number of rotatable bonds is 8. The number of nitrogens with zero attached hydrogens (tertiary/aromatic N) is 1. The van der Waals surface area contributed by atoms with Crippen LogP contribution in [-0.2, 0) is 27.7 Å². The minimum Gasteiger partial charge on any atom is -0.495 e. The molecule has 8 heteroatoms. The number of nitrogens with one attached hydrogen (secondary N) is 1. The highest BCUT2D eigenvalue weighted by Crippen LogP contribution is 2.31. The second kappa shape index (κ2) is 10.8. The first-order valence-corrected chi connectivity index (χ1v) is 13.6. The van der Waals surface area contributed by atoms with Crippen molar-refractivity contribution in [3.05, 3.63) is 47.5 Å². The molecule has 1 fully saturated rings.